The Morgan fingerprint density at radius 1 is 0.541 bits per heavy atom. The molecule has 0 aliphatic rings. The van der Waals surface area contributed by atoms with Crippen molar-refractivity contribution in [2.24, 2.45) is 20.5 Å². The van der Waals surface area contributed by atoms with Crippen LogP contribution < -0.4 is 0 Å². The monoisotopic (exact) mass is 558 g/mol. The fraction of sp³-hybridized carbons (Fsp3) is 0. The Hall–Kier alpha value is -2.04. The molecule has 11 nitrogen and oxygen atoms in total. The van der Waals surface area contributed by atoms with Gasteiger partial charge in [0.1, 0.15) is 11.4 Å². The van der Waals surface area contributed by atoms with Gasteiger partial charge in [-0.3, -0.25) is 9.11 Å². The van der Waals surface area contributed by atoms with Crippen LogP contribution in [0.5, 0.6) is 5.75 Å². The Kier molecular flexibility index (Phi) is 10.7. The van der Waals surface area contributed by atoms with E-state index in [1.165, 1.54) is 48.5 Å². The topological polar surface area (TPSA) is 178 Å². The van der Waals surface area contributed by atoms with Crippen molar-refractivity contribution < 1.29 is 31.0 Å². The van der Waals surface area contributed by atoms with Crippen molar-refractivity contribution in [2.75, 3.05) is 0 Å². The molecule has 37 heavy (non-hydrogen) atoms. The second-order valence-electron chi connectivity index (χ2n) is 7.18. The third-order valence-corrected chi connectivity index (χ3v) is 6.49. The molecule has 15 heteroatoms. The Bertz CT molecular complexity index is 1690. The van der Waals surface area contributed by atoms with Gasteiger partial charge in [-0.2, -0.15) is 32.2 Å². The molecule has 0 unspecified atom stereocenters. The molecule has 0 amide bonds. The predicted molar refractivity (Wildman–Crippen MR) is 138 cm³/mol. The number of nitrogens with zero attached hydrogens (tertiary/aromatic N) is 4. The van der Waals surface area contributed by atoms with Crippen molar-refractivity contribution in [2.45, 2.75) is 9.79 Å². The molecule has 0 saturated carbocycles. The summed E-state index contributed by atoms with van der Waals surface area (Å²) in [6.45, 7) is 0. The van der Waals surface area contributed by atoms with Gasteiger partial charge in [-0.15, -0.1) is 5.11 Å². The summed E-state index contributed by atoms with van der Waals surface area (Å²) < 4.78 is 63.4. The number of aromatic hydroxyl groups is 1. The van der Waals surface area contributed by atoms with Crippen LogP contribution in [0.3, 0.4) is 0 Å². The van der Waals surface area contributed by atoms with E-state index in [0.717, 1.165) is 0 Å². The van der Waals surface area contributed by atoms with Gasteiger partial charge >= 0.3 is 0 Å². The van der Waals surface area contributed by atoms with E-state index >= 15 is 0 Å². The summed E-state index contributed by atoms with van der Waals surface area (Å²) in [7, 11) is -8.73. The number of phenols is 1. The third kappa shape index (κ3) is 7.97. The maximum atomic E-state index is 11.5. The molecule has 2 radical (unpaired) electrons. The van der Waals surface area contributed by atoms with Crippen LogP contribution >= 0.6 is 0 Å². The van der Waals surface area contributed by atoms with E-state index in [9.17, 15) is 26.5 Å². The molecule has 0 fully saturated rings. The maximum Gasteiger partial charge on any atom is 0.294 e. The average molecular weight is 559 g/mol. The van der Waals surface area contributed by atoms with Crippen LogP contribution in [0.2, 0.25) is 0 Å². The van der Waals surface area contributed by atoms with Crippen LogP contribution in [0.25, 0.3) is 10.8 Å². The van der Waals surface area contributed by atoms with Gasteiger partial charge in [0.2, 0.25) is 0 Å². The van der Waals surface area contributed by atoms with Gasteiger partial charge in [-0.05, 0) is 72.1 Å². The number of rotatable bonds is 6. The average Bonchev–Trinajstić information content (AvgIpc) is 2.81. The summed E-state index contributed by atoms with van der Waals surface area (Å²) in [4.78, 5) is -0.591. The number of phenolic OH excluding ortho intramolecular Hbond substituents is 1. The number of hydrogen-bond donors (Lipinski definition) is 3. The number of azo groups is 2. The van der Waals surface area contributed by atoms with Crippen molar-refractivity contribution in [3.63, 3.8) is 0 Å². The molecule has 0 aliphatic carbocycles. The minimum atomic E-state index is -4.44. The summed E-state index contributed by atoms with van der Waals surface area (Å²) in [5.41, 5.74) is 1.28. The smallest absolute Gasteiger partial charge is 0.294 e. The van der Waals surface area contributed by atoms with Gasteiger partial charge < -0.3 is 5.11 Å². The van der Waals surface area contributed by atoms with Crippen molar-refractivity contribution in [3.8, 4) is 5.75 Å². The first-order chi connectivity index (χ1) is 16.5. The van der Waals surface area contributed by atoms with Gasteiger partial charge in [-0.1, -0.05) is 12.1 Å². The van der Waals surface area contributed by atoms with Crippen LogP contribution in [0, 0.1) is 0 Å². The molecular weight excluding hydrogens is 542 g/mol. The molecule has 180 valence electrons. The maximum absolute atomic E-state index is 11.5. The molecule has 4 aromatic carbocycles. The fourth-order valence-electron chi connectivity index (χ4n) is 3.03. The van der Waals surface area contributed by atoms with Crippen LogP contribution in [0.4, 0.5) is 22.7 Å². The van der Waals surface area contributed by atoms with E-state index in [1.807, 2.05) is 0 Å². The van der Waals surface area contributed by atoms with E-state index in [0.29, 0.717) is 22.4 Å². The molecule has 3 N–H and O–H groups in total. The van der Waals surface area contributed by atoms with Crippen molar-refractivity contribution in [1.82, 2.24) is 0 Å². The van der Waals surface area contributed by atoms with Crippen molar-refractivity contribution in [3.05, 3.63) is 78.9 Å². The Morgan fingerprint density at radius 3 is 1.43 bits per heavy atom. The van der Waals surface area contributed by atoms with E-state index in [1.54, 1.807) is 30.3 Å². The van der Waals surface area contributed by atoms with Crippen LogP contribution in [-0.4, -0.2) is 90.2 Å². The van der Waals surface area contributed by atoms with E-state index < -0.39 is 20.2 Å². The first-order valence-corrected chi connectivity index (χ1v) is 12.6. The first kappa shape index (κ1) is 31.2. The Balaban J connectivity index is 0.00000241. The Labute approximate surface area is 256 Å². The van der Waals surface area contributed by atoms with Crippen LogP contribution in [0.1, 0.15) is 0 Å². The second-order valence-corrected chi connectivity index (χ2v) is 10.0. The normalized spacial score (nSPS) is 11.9. The van der Waals surface area contributed by atoms with Crippen LogP contribution in [-0.2, 0) is 20.2 Å². The van der Waals surface area contributed by atoms with Crippen molar-refractivity contribution >= 4 is 113 Å². The van der Waals surface area contributed by atoms with Gasteiger partial charge in [-0.25, -0.2) is 0 Å². The van der Waals surface area contributed by atoms with E-state index in [4.69, 9.17) is 4.55 Å². The molecular formula is C22H16N4Na2O7S2. The number of benzene rings is 4. The molecule has 0 aromatic heterocycles. The minimum absolute atomic E-state index is 0. The summed E-state index contributed by atoms with van der Waals surface area (Å²) in [6.07, 6.45) is 0. The largest absolute Gasteiger partial charge is 0.506 e. The van der Waals surface area contributed by atoms with Gasteiger partial charge in [0.05, 0.1) is 26.9 Å². The SMILES string of the molecule is O=S(=O)(O)c1ccc(N=Nc2ccc(N=Nc3c(O)ccc4ccc(S(=O)(=O)O)cc34)cc2)cc1.[Na].[Na]. The zero-order valence-corrected chi connectivity index (χ0v) is 25.2. The second kappa shape index (κ2) is 12.7. The van der Waals surface area contributed by atoms with Gasteiger partial charge in [0.15, 0.2) is 0 Å². The molecule has 4 rings (SSSR count). The molecule has 4 aromatic rings. The minimum Gasteiger partial charge on any atom is -0.506 e. The number of fused-ring (bicyclic) bond motifs is 1. The van der Waals surface area contributed by atoms with E-state index in [2.05, 4.69) is 20.5 Å². The molecule has 0 bridgehead atoms. The quantitative estimate of drug-likeness (QED) is 0.167. The first-order valence-electron chi connectivity index (χ1n) is 9.75. The zero-order chi connectivity index (χ0) is 25.2. The zero-order valence-electron chi connectivity index (χ0n) is 19.6. The van der Waals surface area contributed by atoms with Crippen molar-refractivity contribution in [1.29, 1.82) is 0 Å². The van der Waals surface area contributed by atoms with Gasteiger partial charge in [0, 0.05) is 64.5 Å². The summed E-state index contributed by atoms with van der Waals surface area (Å²) in [5.74, 6) is -0.223. The summed E-state index contributed by atoms with van der Waals surface area (Å²) in [6, 6.07) is 18.5. The molecule has 0 spiro atoms. The van der Waals surface area contributed by atoms with Crippen LogP contribution in [0.15, 0.2) is 109 Å². The predicted octanol–water partition coefficient (Wildman–Crippen LogP) is 5.11. The summed E-state index contributed by atoms with van der Waals surface area (Å²) >= 11 is 0. The fourth-order valence-corrected chi connectivity index (χ4v) is 4.02. The third-order valence-electron chi connectivity index (χ3n) is 4.77. The summed E-state index contributed by atoms with van der Waals surface area (Å²) in [5, 5.41) is 27.2. The molecule has 0 aliphatic heterocycles. The Morgan fingerprint density at radius 2 is 0.946 bits per heavy atom. The molecule has 0 saturated heterocycles. The molecule has 0 heterocycles. The standard InChI is InChI=1S/C22H16N4O7S2.2Na/c27-21-12-2-14-1-9-19(35(31,32)33)13-20(14)22(21)26-25-16-5-3-15(4-6-16)23-24-17-7-10-18(11-8-17)34(28,29)30;;/h1-13,27H,(H,28,29,30)(H,31,32,33);;. The van der Waals surface area contributed by atoms with Gasteiger partial charge in [0.25, 0.3) is 20.2 Å². The van der Waals surface area contributed by atoms with E-state index in [-0.39, 0.29) is 85.7 Å². The molecule has 0 atom stereocenters. The number of hydrogen-bond acceptors (Lipinski definition) is 9.